The van der Waals surface area contributed by atoms with Crippen molar-refractivity contribution < 1.29 is 23.7 Å². The maximum absolute atomic E-state index is 12.7. The first-order valence-electron chi connectivity index (χ1n) is 7.71. The highest BCUT2D eigenvalue weighted by atomic mass is 16.5. The fraction of sp³-hybridized carbons (Fsp3) is 0.211. The van der Waals surface area contributed by atoms with Crippen molar-refractivity contribution in [2.24, 2.45) is 0 Å². The number of ether oxygens (including phenoxy) is 3. The lowest BCUT2D eigenvalue weighted by Gasteiger charge is -2.15. The highest BCUT2D eigenvalue weighted by molar-refractivity contribution is 5.90. The van der Waals surface area contributed by atoms with E-state index in [9.17, 15) is 4.79 Å². The summed E-state index contributed by atoms with van der Waals surface area (Å²) in [5.41, 5.74) is 0.856. The van der Waals surface area contributed by atoms with E-state index in [0.717, 1.165) is 5.56 Å². The van der Waals surface area contributed by atoms with E-state index in [1.165, 1.54) is 20.3 Å². The largest absolute Gasteiger partial charge is 0.492 e. The van der Waals surface area contributed by atoms with Gasteiger partial charge in [0.1, 0.15) is 23.3 Å². The molecular weight excluding hydrogens is 324 g/mol. The third-order valence-corrected chi connectivity index (χ3v) is 3.71. The van der Waals surface area contributed by atoms with Gasteiger partial charge in [-0.05, 0) is 0 Å². The van der Waals surface area contributed by atoms with Crippen molar-refractivity contribution >= 4 is 11.0 Å². The third kappa shape index (κ3) is 3.16. The van der Waals surface area contributed by atoms with Crippen molar-refractivity contribution in [1.82, 2.24) is 0 Å². The van der Waals surface area contributed by atoms with Crippen molar-refractivity contribution in [1.29, 1.82) is 0 Å². The molecule has 0 saturated heterocycles. The number of rotatable bonds is 6. The van der Waals surface area contributed by atoms with Gasteiger partial charge in [-0.25, -0.2) is 0 Å². The minimum absolute atomic E-state index is 0.0770. The molecule has 1 N–H and O–H groups in total. The molecule has 0 bridgehead atoms. The zero-order chi connectivity index (χ0) is 17.8. The first-order valence-corrected chi connectivity index (χ1v) is 7.71. The van der Waals surface area contributed by atoms with Crippen LogP contribution in [0.2, 0.25) is 0 Å². The molecule has 25 heavy (non-hydrogen) atoms. The van der Waals surface area contributed by atoms with Gasteiger partial charge in [0.2, 0.25) is 5.75 Å². The van der Waals surface area contributed by atoms with Gasteiger partial charge in [0.15, 0.2) is 16.9 Å². The van der Waals surface area contributed by atoms with Crippen molar-refractivity contribution in [2.75, 3.05) is 27.4 Å². The summed E-state index contributed by atoms with van der Waals surface area (Å²) in [5, 5.41) is 9.27. The normalized spacial score (nSPS) is 10.7. The number of benzene rings is 2. The van der Waals surface area contributed by atoms with Crippen LogP contribution in [0.5, 0.6) is 17.2 Å². The van der Waals surface area contributed by atoms with Gasteiger partial charge in [0.25, 0.3) is 0 Å². The quantitative estimate of drug-likeness (QED) is 0.742. The molecule has 3 aromatic rings. The van der Waals surface area contributed by atoms with E-state index in [2.05, 4.69) is 0 Å². The minimum atomic E-state index is -0.246. The molecular formula is C19H18O6. The van der Waals surface area contributed by atoms with E-state index in [1.54, 1.807) is 6.07 Å². The molecule has 3 rings (SSSR count). The number of aliphatic hydroxyl groups is 1. The Bertz CT molecular complexity index is 930. The molecule has 0 amide bonds. The van der Waals surface area contributed by atoms with Crippen LogP contribution in [0, 0.1) is 0 Å². The minimum Gasteiger partial charge on any atom is -0.492 e. The SMILES string of the molecule is COc1c(OCCO)cc2oc(-c3ccccc3)cc(=O)c2c1OC. The number of methoxy groups -OCH3 is 2. The molecule has 6 heteroatoms. The van der Waals surface area contributed by atoms with Gasteiger partial charge in [-0.1, -0.05) is 30.3 Å². The highest BCUT2D eigenvalue weighted by Crippen LogP contribution is 2.42. The Labute approximate surface area is 144 Å². The van der Waals surface area contributed by atoms with E-state index in [4.69, 9.17) is 23.7 Å². The molecule has 6 nitrogen and oxygen atoms in total. The average Bonchev–Trinajstić information content (AvgIpc) is 2.65. The number of fused-ring (bicyclic) bond motifs is 1. The predicted octanol–water partition coefficient (Wildman–Crippen LogP) is 2.85. The van der Waals surface area contributed by atoms with E-state index < -0.39 is 0 Å². The standard InChI is InChI=1S/C19H18O6/c1-22-18-16(24-9-8-20)11-15-17(19(18)23-2)13(21)10-14(25-15)12-6-4-3-5-7-12/h3-7,10-11,20H,8-9H2,1-2H3. The van der Waals surface area contributed by atoms with E-state index in [-0.39, 0.29) is 35.5 Å². The van der Waals surface area contributed by atoms with Crippen LogP contribution in [-0.4, -0.2) is 32.5 Å². The first-order chi connectivity index (χ1) is 12.2. The van der Waals surface area contributed by atoms with Crippen LogP contribution in [0.25, 0.3) is 22.3 Å². The van der Waals surface area contributed by atoms with E-state index in [1.807, 2.05) is 30.3 Å². The molecule has 130 valence electrons. The summed E-state index contributed by atoms with van der Waals surface area (Å²) >= 11 is 0. The molecule has 0 aliphatic carbocycles. The van der Waals surface area contributed by atoms with Crippen LogP contribution < -0.4 is 19.6 Å². The second kappa shape index (κ2) is 7.27. The maximum Gasteiger partial charge on any atom is 0.204 e. The molecule has 2 aromatic carbocycles. The Morgan fingerprint density at radius 1 is 1.04 bits per heavy atom. The summed E-state index contributed by atoms with van der Waals surface area (Å²) in [6.07, 6.45) is 0. The summed E-state index contributed by atoms with van der Waals surface area (Å²) in [6.45, 7) is -0.0782. The number of hydrogen-bond donors (Lipinski definition) is 1. The van der Waals surface area contributed by atoms with E-state index >= 15 is 0 Å². The Morgan fingerprint density at radius 3 is 2.40 bits per heavy atom. The van der Waals surface area contributed by atoms with Crippen LogP contribution in [-0.2, 0) is 0 Å². The first kappa shape index (κ1) is 16.9. The highest BCUT2D eigenvalue weighted by Gasteiger charge is 2.21. The van der Waals surface area contributed by atoms with E-state index in [0.29, 0.717) is 17.1 Å². The van der Waals surface area contributed by atoms with Gasteiger partial charge in [0, 0.05) is 17.7 Å². The average molecular weight is 342 g/mol. The molecule has 0 aliphatic heterocycles. The number of hydrogen-bond acceptors (Lipinski definition) is 6. The van der Waals surface area contributed by atoms with Crippen LogP contribution in [0.4, 0.5) is 0 Å². The van der Waals surface area contributed by atoms with Crippen molar-refractivity contribution in [2.45, 2.75) is 0 Å². The lowest BCUT2D eigenvalue weighted by atomic mass is 10.1. The van der Waals surface area contributed by atoms with Crippen molar-refractivity contribution in [3.8, 4) is 28.6 Å². The van der Waals surface area contributed by atoms with Gasteiger partial charge in [-0.2, -0.15) is 0 Å². The van der Waals surface area contributed by atoms with Crippen LogP contribution in [0.15, 0.2) is 51.7 Å². The molecule has 0 aliphatic rings. The molecule has 0 saturated carbocycles. The van der Waals surface area contributed by atoms with Crippen molar-refractivity contribution in [3.05, 3.63) is 52.7 Å². The molecule has 0 unspecified atom stereocenters. The molecule has 1 heterocycles. The Kier molecular flexibility index (Phi) is 4.90. The van der Waals surface area contributed by atoms with Gasteiger partial charge in [-0.15, -0.1) is 0 Å². The topological polar surface area (TPSA) is 78.1 Å². The Morgan fingerprint density at radius 2 is 1.76 bits per heavy atom. The Balaban J connectivity index is 2.28. The lowest BCUT2D eigenvalue weighted by molar-refractivity contribution is 0.195. The number of aliphatic hydroxyl groups excluding tert-OH is 1. The third-order valence-electron chi connectivity index (χ3n) is 3.71. The summed E-state index contributed by atoms with van der Waals surface area (Å²) in [4.78, 5) is 12.7. The Hall–Kier alpha value is -2.99. The zero-order valence-electron chi connectivity index (χ0n) is 13.9. The predicted molar refractivity (Wildman–Crippen MR) is 93.6 cm³/mol. The lowest BCUT2D eigenvalue weighted by Crippen LogP contribution is -2.07. The zero-order valence-corrected chi connectivity index (χ0v) is 13.9. The van der Waals surface area contributed by atoms with Gasteiger partial charge in [-0.3, -0.25) is 4.79 Å². The summed E-state index contributed by atoms with van der Waals surface area (Å²) in [6, 6.07) is 12.3. The smallest absolute Gasteiger partial charge is 0.204 e. The molecule has 0 radical (unpaired) electrons. The fourth-order valence-electron chi connectivity index (χ4n) is 2.64. The summed E-state index contributed by atoms with van der Waals surface area (Å²) < 4.78 is 22.1. The van der Waals surface area contributed by atoms with Gasteiger partial charge < -0.3 is 23.7 Å². The van der Waals surface area contributed by atoms with Gasteiger partial charge >= 0.3 is 0 Å². The second-order valence-corrected chi connectivity index (χ2v) is 5.23. The van der Waals surface area contributed by atoms with Crippen LogP contribution in [0.1, 0.15) is 0 Å². The monoisotopic (exact) mass is 342 g/mol. The maximum atomic E-state index is 12.7. The van der Waals surface area contributed by atoms with Crippen molar-refractivity contribution in [3.63, 3.8) is 0 Å². The molecule has 0 fully saturated rings. The second-order valence-electron chi connectivity index (χ2n) is 5.23. The van der Waals surface area contributed by atoms with Crippen LogP contribution in [0.3, 0.4) is 0 Å². The molecule has 0 atom stereocenters. The van der Waals surface area contributed by atoms with Gasteiger partial charge in [0.05, 0.1) is 20.8 Å². The fourth-order valence-corrected chi connectivity index (χ4v) is 2.64. The van der Waals surface area contributed by atoms with Crippen LogP contribution >= 0.6 is 0 Å². The summed E-state index contributed by atoms with van der Waals surface area (Å²) in [5.74, 6) is 1.29. The summed E-state index contributed by atoms with van der Waals surface area (Å²) in [7, 11) is 2.90. The molecule has 0 spiro atoms. The molecule has 1 aromatic heterocycles.